The molecule has 0 amide bonds. The second kappa shape index (κ2) is 5.50. The van der Waals surface area contributed by atoms with Crippen molar-refractivity contribution in [2.24, 2.45) is 11.3 Å². The maximum absolute atomic E-state index is 12.1. The van der Waals surface area contributed by atoms with E-state index in [4.69, 9.17) is 5.73 Å². The molecule has 1 fully saturated rings. The average molecular weight is 311 g/mol. The molecule has 0 saturated heterocycles. The summed E-state index contributed by atoms with van der Waals surface area (Å²) >= 11 is 0. The summed E-state index contributed by atoms with van der Waals surface area (Å²) in [6, 6.07) is 4.87. The SMILES string of the molecule is CC(C)C1(CNc2ccc(S(=O)(=O)N(C)C)cc2N)CC1. The van der Waals surface area contributed by atoms with Gasteiger partial charge in [0.25, 0.3) is 0 Å². The molecule has 21 heavy (non-hydrogen) atoms. The molecule has 5 nitrogen and oxygen atoms in total. The summed E-state index contributed by atoms with van der Waals surface area (Å²) in [5.41, 5.74) is 7.65. The Bertz CT molecular complexity index is 620. The normalized spacial score (nSPS) is 17.2. The van der Waals surface area contributed by atoms with Crippen LogP contribution in [0, 0.1) is 11.3 Å². The summed E-state index contributed by atoms with van der Waals surface area (Å²) in [7, 11) is -0.413. The van der Waals surface area contributed by atoms with Crippen LogP contribution in [0.15, 0.2) is 23.1 Å². The predicted molar refractivity (Wildman–Crippen MR) is 86.7 cm³/mol. The van der Waals surface area contributed by atoms with E-state index in [1.807, 2.05) is 0 Å². The molecule has 1 aliphatic carbocycles. The molecule has 0 atom stereocenters. The Morgan fingerprint density at radius 1 is 1.33 bits per heavy atom. The van der Waals surface area contributed by atoms with Crippen LogP contribution in [-0.4, -0.2) is 33.4 Å². The molecule has 0 radical (unpaired) electrons. The summed E-state index contributed by atoms with van der Waals surface area (Å²) in [6.45, 7) is 5.37. The van der Waals surface area contributed by atoms with Crippen LogP contribution in [0.3, 0.4) is 0 Å². The lowest BCUT2D eigenvalue weighted by Crippen LogP contribution is -2.23. The van der Waals surface area contributed by atoms with Crippen molar-refractivity contribution in [3.8, 4) is 0 Å². The van der Waals surface area contributed by atoms with Crippen molar-refractivity contribution in [2.45, 2.75) is 31.6 Å². The molecule has 0 bridgehead atoms. The lowest BCUT2D eigenvalue weighted by Gasteiger charge is -2.21. The highest BCUT2D eigenvalue weighted by atomic mass is 32.2. The molecule has 1 aromatic rings. The van der Waals surface area contributed by atoms with Gasteiger partial charge >= 0.3 is 0 Å². The number of nitrogens with two attached hydrogens (primary N) is 1. The van der Waals surface area contributed by atoms with Crippen LogP contribution in [-0.2, 0) is 10.0 Å². The Morgan fingerprint density at radius 3 is 2.38 bits per heavy atom. The number of rotatable bonds is 6. The fourth-order valence-corrected chi connectivity index (χ4v) is 3.40. The van der Waals surface area contributed by atoms with Gasteiger partial charge in [0.1, 0.15) is 0 Å². The van der Waals surface area contributed by atoms with Gasteiger partial charge in [-0.1, -0.05) is 13.8 Å². The van der Waals surface area contributed by atoms with Crippen molar-refractivity contribution in [1.82, 2.24) is 4.31 Å². The Morgan fingerprint density at radius 2 is 1.95 bits per heavy atom. The van der Waals surface area contributed by atoms with E-state index in [-0.39, 0.29) is 4.90 Å². The maximum atomic E-state index is 12.1. The second-order valence-electron chi connectivity index (χ2n) is 6.41. The molecular formula is C15H25N3O2S. The zero-order valence-electron chi connectivity index (χ0n) is 13.2. The van der Waals surface area contributed by atoms with Gasteiger partial charge in [0, 0.05) is 20.6 Å². The van der Waals surface area contributed by atoms with Crippen molar-refractivity contribution < 1.29 is 8.42 Å². The molecule has 2 rings (SSSR count). The highest BCUT2D eigenvalue weighted by molar-refractivity contribution is 7.89. The van der Waals surface area contributed by atoms with E-state index in [2.05, 4.69) is 19.2 Å². The molecule has 3 N–H and O–H groups in total. The Labute approximate surface area is 127 Å². The van der Waals surface area contributed by atoms with Gasteiger partial charge in [-0.3, -0.25) is 0 Å². The van der Waals surface area contributed by atoms with E-state index in [1.165, 1.54) is 37.3 Å². The first-order chi connectivity index (χ1) is 9.69. The van der Waals surface area contributed by atoms with Gasteiger partial charge in [-0.2, -0.15) is 0 Å². The Hall–Kier alpha value is -1.27. The van der Waals surface area contributed by atoms with Crippen molar-refractivity contribution in [3.05, 3.63) is 18.2 Å². The fraction of sp³-hybridized carbons (Fsp3) is 0.600. The number of nitrogen functional groups attached to an aromatic ring is 1. The molecule has 0 heterocycles. The smallest absolute Gasteiger partial charge is 0.242 e. The quantitative estimate of drug-likeness (QED) is 0.791. The maximum Gasteiger partial charge on any atom is 0.242 e. The van der Waals surface area contributed by atoms with Gasteiger partial charge in [-0.25, -0.2) is 12.7 Å². The van der Waals surface area contributed by atoms with Crippen LogP contribution >= 0.6 is 0 Å². The Balaban J connectivity index is 2.14. The number of nitrogens with one attached hydrogen (secondary N) is 1. The lowest BCUT2D eigenvalue weighted by atomic mass is 9.92. The molecular weight excluding hydrogens is 286 g/mol. The number of anilines is 2. The third-order valence-corrected chi connectivity index (χ3v) is 6.36. The molecule has 1 aliphatic rings. The lowest BCUT2D eigenvalue weighted by molar-refractivity contribution is 0.380. The van der Waals surface area contributed by atoms with E-state index in [9.17, 15) is 8.42 Å². The largest absolute Gasteiger partial charge is 0.397 e. The summed E-state index contributed by atoms with van der Waals surface area (Å²) in [4.78, 5) is 0.223. The van der Waals surface area contributed by atoms with Crippen molar-refractivity contribution in [3.63, 3.8) is 0 Å². The van der Waals surface area contributed by atoms with Gasteiger partial charge in [-0.05, 0) is 42.4 Å². The molecule has 1 aromatic carbocycles. The van der Waals surface area contributed by atoms with Crippen molar-refractivity contribution >= 4 is 21.4 Å². The van der Waals surface area contributed by atoms with Gasteiger partial charge in [0.05, 0.1) is 16.3 Å². The monoisotopic (exact) mass is 311 g/mol. The summed E-state index contributed by atoms with van der Waals surface area (Å²) in [6.07, 6.45) is 2.48. The zero-order valence-corrected chi connectivity index (χ0v) is 14.0. The van der Waals surface area contributed by atoms with Crippen LogP contribution in [0.4, 0.5) is 11.4 Å². The number of hydrogen-bond acceptors (Lipinski definition) is 4. The van der Waals surface area contributed by atoms with Gasteiger partial charge in [0.2, 0.25) is 10.0 Å². The first-order valence-corrected chi connectivity index (χ1v) is 8.69. The molecule has 6 heteroatoms. The molecule has 0 unspecified atom stereocenters. The van der Waals surface area contributed by atoms with Crippen LogP contribution in [0.2, 0.25) is 0 Å². The second-order valence-corrected chi connectivity index (χ2v) is 8.56. The number of hydrogen-bond donors (Lipinski definition) is 2. The van der Waals surface area contributed by atoms with Gasteiger partial charge < -0.3 is 11.1 Å². The van der Waals surface area contributed by atoms with E-state index in [0.717, 1.165) is 12.2 Å². The van der Waals surface area contributed by atoms with Gasteiger partial charge in [-0.15, -0.1) is 0 Å². The number of nitrogens with zero attached hydrogens (tertiary/aromatic N) is 1. The minimum absolute atomic E-state index is 0.223. The molecule has 0 aliphatic heterocycles. The van der Waals surface area contributed by atoms with Crippen LogP contribution in [0.1, 0.15) is 26.7 Å². The van der Waals surface area contributed by atoms with Crippen molar-refractivity contribution in [2.75, 3.05) is 31.7 Å². The van der Waals surface area contributed by atoms with Crippen LogP contribution in [0.25, 0.3) is 0 Å². The molecule has 118 valence electrons. The van der Waals surface area contributed by atoms with E-state index >= 15 is 0 Å². The zero-order chi connectivity index (χ0) is 15.8. The average Bonchev–Trinajstić information content (AvgIpc) is 3.18. The predicted octanol–water partition coefficient (Wildman–Crippen LogP) is 2.37. The summed E-state index contributed by atoms with van der Waals surface area (Å²) < 4.78 is 25.3. The van der Waals surface area contributed by atoms with Gasteiger partial charge in [0.15, 0.2) is 0 Å². The topological polar surface area (TPSA) is 75.4 Å². The molecule has 0 spiro atoms. The fourth-order valence-electron chi connectivity index (χ4n) is 2.46. The minimum atomic E-state index is -3.44. The third kappa shape index (κ3) is 3.16. The summed E-state index contributed by atoms with van der Waals surface area (Å²) in [5.74, 6) is 0.639. The van der Waals surface area contributed by atoms with Crippen molar-refractivity contribution in [1.29, 1.82) is 0 Å². The molecule has 0 aromatic heterocycles. The number of sulfonamides is 1. The first-order valence-electron chi connectivity index (χ1n) is 7.25. The van der Waals surface area contributed by atoms with Crippen LogP contribution < -0.4 is 11.1 Å². The minimum Gasteiger partial charge on any atom is -0.397 e. The highest BCUT2D eigenvalue weighted by Gasteiger charge is 2.44. The van der Waals surface area contributed by atoms with E-state index in [1.54, 1.807) is 12.1 Å². The van der Waals surface area contributed by atoms with E-state index < -0.39 is 10.0 Å². The van der Waals surface area contributed by atoms with E-state index in [0.29, 0.717) is 17.0 Å². The van der Waals surface area contributed by atoms with Crippen LogP contribution in [0.5, 0.6) is 0 Å². The number of benzene rings is 1. The summed E-state index contributed by atoms with van der Waals surface area (Å²) in [5, 5.41) is 3.37. The molecule has 1 saturated carbocycles. The standard InChI is InChI=1S/C15H25N3O2S/c1-11(2)15(7-8-15)10-17-14-6-5-12(9-13(14)16)21(19,20)18(3)4/h5-6,9,11,17H,7-8,10,16H2,1-4H3. The highest BCUT2D eigenvalue weighted by Crippen LogP contribution is 2.51. The Kier molecular flexibility index (Phi) is 4.22. The third-order valence-electron chi connectivity index (χ3n) is 4.55. The first kappa shape index (κ1) is 16.1.